The van der Waals surface area contributed by atoms with Gasteiger partial charge in [0.25, 0.3) is 0 Å². The summed E-state index contributed by atoms with van der Waals surface area (Å²) in [7, 11) is 1.00. The van der Waals surface area contributed by atoms with Crippen molar-refractivity contribution in [2.24, 2.45) is 0 Å². The van der Waals surface area contributed by atoms with Crippen molar-refractivity contribution in [3.8, 4) is 11.4 Å². The van der Waals surface area contributed by atoms with Crippen molar-refractivity contribution in [1.82, 2.24) is 9.78 Å². The first kappa shape index (κ1) is 20.2. The molecule has 0 saturated heterocycles. The molecule has 0 bridgehead atoms. The number of para-hydroxylation sites is 2. The molecule has 27 heavy (non-hydrogen) atoms. The fourth-order valence-electron chi connectivity index (χ4n) is 2.55. The second-order valence-electron chi connectivity index (χ2n) is 5.36. The predicted molar refractivity (Wildman–Crippen MR) is 103 cm³/mol. The van der Waals surface area contributed by atoms with E-state index >= 15 is 0 Å². The number of aliphatic hydroxyl groups excluding tert-OH is 2. The topological polar surface area (TPSA) is 96.6 Å². The van der Waals surface area contributed by atoms with Crippen LogP contribution in [0, 0.1) is 0 Å². The van der Waals surface area contributed by atoms with E-state index in [1.165, 1.54) is 0 Å². The third-order valence-electron chi connectivity index (χ3n) is 3.73. The van der Waals surface area contributed by atoms with E-state index in [2.05, 4.69) is 10.4 Å². The first-order valence-corrected chi connectivity index (χ1v) is 8.48. The molecule has 0 atom stereocenters. The molecule has 0 aliphatic rings. The second kappa shape index (κ2) is 10.1. The van der Waals surface area contributed by atoms with Gasteiger partial charge in [0.1, 0.15) is 11.6 Å². The Labute approximate surface area is 157 Å². The van der Waals surface area contributed by atoms with Crippen LogP contribution in [0.25, 0.3) is 5.69 Å². The molecule has 7 heteroatoms. The Morgan fingerprint density at radius 2 is 1.67 bits per heavy atom. The standard InChI is InChI=1S/C19H19N3O3.CH4O/c1-2-17-16(13-23)18(22(21-17)14-9-5-3-6-10-14)20-19(24)25-15-11-7-4-8-12-15;1-2/h3-12,23H,2,13H2,1H3,(H,20,24);2H,1H3. The first-order chi connectivity index (χ1) is 13.2. The Bertz CT molecular complexity index is 848. The van der Waals surface area contributed by atoms with E-state index in [9.17, 15) is 9.90 Å². The molecule has 0 saturated carbocycles. The van der Waals surface area contributed by atoms with Crippen molar-refractivity contribution < 1.29 is 19.7 Å². The lowest BCUT2D eigenvalue weighted by molar-refractivity contribution is 0.215. The molecule has 3 aromatic rings. The highest BCUT2D eigenvalue weighted by Gasteiger charge is 2.20. The minimum Gasteiger partial charge on any atom is -0.410 e. The maximum absolute atomic E-state index is 12.3. The zero-order valence-corrected chi connectivity index (χ0v) is 15.3. The number of hydrogen-bond acceptors (Lipinski definition) is 5. The van der Waals surface area contributed by atoms with Crippen LogP contribution in [-0.2, 0) is 13.0 Å². The van der Waals surface area contributed by atoms with E-state index in [1.807, 2.05) is 43.3 Å². The number of benzene rings is 2. The van der Waals surface area contributed by atoms with Gasteiger partial charge in [-0.15, -0.1) is 0 Å². The summed E-state index contributed by atoms with van der Waals surface area (Å²) in [5.41, 5.74) is 2.09. The summed E-state index contributed by atoms with van der Waals surface area (Å²) in [5, 5.41) is 24.0. The van der Waals surface area contributed by atoms with E-state index in [4.69, 9.17) is 9.84 Å². The fraction of sp³-hybridized carbons (Fsp3) is 0.200. The van der Waals surface area contributed by atoms with E-state index in [1.54, 1.807) is 28.9 Å². The molecule has 3 N–H and O–H groups in total. The first-order valence-electron chi connectivity index (χ1n) is 8.48. The van der Waals surface area contributed by atoms with Crippen molar-refractivity contribution in [3.63, 3.8) is 0 Å². The average molecular weight is 369 g/mol. The van der Waals surface area contributed by atoms with Gasteiger partial charge in [-0.05, 0) is 30.7 Å². The van der Waals surface area contributed by atoms with Gasteiger partial charge in [0.05, 0.1) is 18.0 Å². The number of carbonyl (C=O) groups excluding carboxylic acids is 1. The lowest BCUT2D eigenvalue weighted by Crippen LogP contribution is -2.20. The monoisotopic (exact) mass is 369 g/mol. The maximum Gasteiger partial charge on any atom is 0.418 e. The summed E-state index contributed by atoms with van der Waals surface area (Å²) in [6.45, 7) is 1.72. The number of ether oxygens (including phenoxy) is 1. The highest BCUT2D eigenvalue weighted by atomic mass is 16.6. The number of aliphatic hydroxyl groups is 2. The Kier molecular flexibility index (Phi) is 7.54. The number of nitrogens with zero attached hydrogens (tertiary/aromatic N) is 2. The third-order valence-corrected chi connectivity index (χ3v) is 3.73. The quantitative estimate of drug-likeness (QED) is 0.642. The number of carbonyl (C=O) groups is 1. The number of anilines is 1. The van der Waals surface area contributed by atoms with Crippen LogP contribution in [0.2, 0.25) is 0 Å². The number of hydrogen-bond donors (Lipinski definition) is 3. The lowest BCUT2D eigenvalue weighted by Gasteiger charge is -2.11. The van der Waals surface area contributed by atoms with Gasteiger partial charge in [-0.1, -0.05) is 43.3 Å². The molecule has 0 aliphatic heterocycles. The molecule has 1 heterocycles. The van der Waals surface area contributed by atoms with Crippen molar-refractivity contribution in [2.45, 2.75) is 20.0 Å². The van der Waals surface area contributed by atoms with E-state index in [0.29, 0.717) is 23.6 Å². The normalized spacial score (nSPS) is 9.93. The summed E-state index contributed by atoms with van der Waals surface area (Å²) in [6, 6.07) is 18.2. The molecule has 1 aromatic heterocycles. The molecule has 0 aliphatic carbocycles. The van der Waals surface area contributed by atoms with Crippen molar-refractivity contribution in [1.29, 1.82) is 0 Å². The van der Waals surface area contributed by atoms with Crippen LogP contribution in [0.3, 0.4) is 0 Å². The maximum atomic E-state index is 12.3. The Morgan fingerprint density at radius 1 is 1.07 bits per heavy atom. The van der Waals surface area contributed by atoms with Crippen LogP contribution in [0.1, 0.15) is 18.2 Å². The van der Waals surface area contributed by atoms with Crippen molar-refractivity contribution in [2.75, 3.05) is 12.4 Å². The summed E-state index contributed by atoms with van der Waals surface area (Å²) < 4.78 is 6.89. The van der Waals surface area contributed by atoms with E-state index in [-0.39, 0.29) is 6.61 Å². The number of aryl methyl sites for hydroxylation is 1. The van der Waals surface area contributed by atoms with Gasteiger partial charge >= 0.3 is 6.09 Å². The van der Waals surface area contributed by atoms with E-state index < -0.39 is 6.09 Å². The Hall–Kier alpha value is -3.16. The molecular formula is C20H23N3O4. The van der Waals surface area contributed by atoms with Crippen LogP contribution >= 0.6 is 0 Å². The van der Waals surface area contributed by atoms with Crippen LogP contribution in [0.15, 0.2) is 60.7 Å². The second-order valence-corrected chi connectivity index (χ2v) is 5.36. The van der Waals surface area contributed by atoms with Gasteiger partial charge in [-0.2, -0.15) is 5.10 Å². The Balaban J connectivity index is 0.00000126. The number of rotatable bonds is 5. The Morgan fingerprint density at radius 3 is 2.22 bits per heavy atom. The smallest absolute Gasteiger partial charge is 0.410 e. The van der Waals surface area contributed by atoms with Crippen LogP contribution in [-0.4, -0.2) is 33.2 Å². The summed E-state index contributed by atoms with van der Waals surface area (Å²) >= 11 is 0. The largest absolute Gasteiger partial charge is 0.418 e. The van der Waals surface area contributed by atoms with E-state index in [0.717, 1.165) is 18.5 Å². The zero-order chi connectivity index (χ0) is 19.6. The molecule has 0 fully saturated rings. The minimum atomic E-state index is -0.638. The third kappa shape index (κ3) is 4.93. The summed E-state index contributed by atoms with van der Waals surface area (Å²) in [5.74, 6) is 0.846. The summed E-state index contributed by atoms with van der Waals surface area (Å²) in [4.78, 5) is 12.3. The SMILES string of the molecule is CCc1nn(-c2ccccc2)c(NC(=O)Oc2ccccc2)c1CO.CO. The minimum absolute atomic E-state index is 0.225. The molecule has 3 rings (SSSR count). The number of aromatic nitrogens is 2. The molecule has 7 nitrogen and oxygen atoms in total. The zero-order valence-electron chi connectivity index (χ0n) is 15.3. The molecule has 0 spiro atoms. The predicted octanol–water partition coefficient (Wildman–Crippen LogP) is 3.15. The van der Waals surface area contributed by atoms with Crippen LogP contribution in [0.5, 0.6) is 5.75 Å². The number of amides is 1. The van der Waals surface area contributed by atoms with Crippen molar-refractivity contribution in [3.05, 3.63) is 71.9 Å². The van der Waals surface area contributed by atoms with Gasteiger partial charge in [-0.25, -0.2) is 9.48 Å². The van der Waals surface area contributed by atoms with Gasteiger partial charge in [0, 0.05) is 12.7 Å². The van der Waals surface area contributed by atoms with Crippen molar-refractivity contribution >= 4 is 11.9 Å². The summed E-state index contributed by atoms with van der Waals surface area (Å²) in [6.07, 6.45) is -0.00126. The highest BCUT2D eigenvalue weighted by molar-refractivity contribution is 5.86. The van der Waals surface area contributed by atoms with Crippen LogP contribution in [0.4, 0.5) is 10.6 Å². The van der Waals surface area contributed by atoms with Gasteiger partial charge in [0.2, 0.25) is 0 Å². The average Bonchev–Trinajstić information content (AvgIpc) is 3.08. The van der Waals surface area contributed by atoms with Gasteiger partial charge in [0.15, 0.2) is 0 Å². The molecule has 0 radical (unpaired) electrons. The molecule has 142 valence electrons. The molecule has 1 amide bonds. The van der Waals surface area contributed by atoms with Crippen LogP contribution < -0.4 is 10.1 Å². The number of nitrogens with one attached hydrogen (secondary N) is 1. The fourth-order valence-corrected chi connectivity index (χ4v) is 2.55. The highest BCUT2D eigenvalue weighted by Crippen LogP contribution is 2.25. The molecule has 0 unspecified atom stereocenters. The van der Waals surface area contributed by atoms with Gasteiger partial charge < -0.3 is 14.9 Å². The lowest BCUT2D eigenvalue weighted by atomic mass is 10.2. The van der Waals surface area contributed by atoms with Gasteiger partial charge in [-0.3, -0.25) is 5.32 Å². The molecule has 2 aromatic carbocycles. The molecular weight excluding hydrogens is 346 g/mol.